The molecule has 152 valence electrons. The Balaban J connectivity index is 1.45. The fourth-order valence-electron chi connectivity index (χ4n) is 2.84. The molecule has 0 spiro atoms. The van der Waals surface area contributed by atoms with E-state index in [0.717, 1.165) is 22.6 Å². The van der Waals surface area contributed by atoms with Crippen LogP contribution in [0, 0.1) is 0 Å². The van der Waals surface area contributed by atoms with Crippen molar-refractivity contribution in [1.82, 2.24) is 10.0 Å². The van der Waals surface area contributed by atoms with Crippen molar-refractivity contribution in [3.8, 4) is 11.3 Å². The Morgan fingerprint density at radius 3 is 2.31 bits per heavy atom. The van der Waals surface area contributed by atoms with Gasteiger partial charge in [-0.25, -0.2) is 13.1 Å². The van der Waals surface area contributed by atoms with Crippen LogP contribution >= 0.6 is 0 Å². The van der Waals surface area contributed by atoms with Crippen LogP contribution in [0.5, 0.6) is 0 Å². The Morgan fingerprint density at radius 1 is 0.931 bits per heavy atom. The lowest BCUT2D eigenvalue weighted by Gasteiger charge is -2.07. The molecule has 0 aliphatic rings. The summed E-state index contributed by atoms with van der Waals surface area (Å²) in [4.78, 5) is 12.1. The molecule has 0 bridgehead atoms. The van der Waals surface area contributed by atoms with Crippen LogP contribution in [-0.4, -0.2) is 21.4 Å². The van der Waals surface area contributed by atoms with Crippen molar-refractivity contribution in [1.29, 1.82) is 0 Å². The summed E-state index contributed by atoms with van der Waals surface area (Å²) in [6, 6.07) is 20.8. The number of aryl methyl sites for hydroxylation is 1. The number of benzene rings is 2. The average Bonchev–Trinajstić information content (AvgIpc) is 3.21. The van der Waals surface area contributed by atoms with Crippen LogP contribution in [0.1, 0.15) is 23.3 Å². The molecule has 0 unspecified atom stereocenters. The minimum absolute atomic E-state index is 0.0652. The molecule has 3 rings (SSSR count). The van der Waals surface area contributed by atoms with Gasteiger partial charge in [0.25, 0.3) is 0 Å². The van der Waals surface area contributed by atoms with Gasteiger partial charge in [-0.05, 0) is 30.3 Å². The molecule has 1 amide bonds. The van der Waals surface area contributed by atoms with E-state index >= 15 is 0 Å². The summed E-state index contributed by atoms with van der Waals surface area (Å²) in [5.41, 5.74) is 2.61. The molecule has 0 aliphatic heterocycles. The molecule has 1 aromatic heterocycles. The van der Waals surface area contributed by atoms with Gasteiger partial charge >= 0.3 is 0 Å². The lowest BCUT2D eigenvalue weighted by Crippen LogP contribution is -2.23. The van der Waals surface area contributed by atoms with E-state index in [1.54, 1.807) is 12.1 Å². The van der Waals surface area contributed by atoms with E-state index in [4.69, 9.17) is 4.42 Å². The summed E-state index contributed by atoms with van der Waals surface area (Å²) >= 11 is 0. The molecule has 29 heavy (non-hydrogen) atoms. The van der Waals surface area contributed by atoms with Crippen molar-refractivity contribution in [2.75, 3.05) is 7.05 Å². The van der Waals surface area contributed by atoms with Crippen LogP contribution in [0.3, 0.4) is 0 Å². The number of carbonyl (C=O) groups is 1. The predicted molar refractivity (Wildman–Crippen MR) is 112 cm³/mol. The molecule has 0 saturated carbocycles. The zero-order valence-corrected chi connectivity index (χ0v) is 17.0. The second-order valence-corrected chi connectivity index (χ2v) is 8.61. The van der Waals surface area contributed by atoms with Gasteiger partial charge in [-0.2, -0.15) is 0 Å². The highest BCUT2D eigenvalue weighted by Crippen LogP contribution is 2.22. The van der Waals surface area contributed by atoms with E-state index in [1.807, 2.05) is 54.6 Å². The van der Waals surface area contributed by atoms with E-state index in [9.17, 15) is 13.2 Å². The predicted octanol–water partition coefficient (Wildman–Crippen LogP) is 3.24. The number of nitrogens with one attached hydrogen (secondary N) is 2. The van der Waals surface area contributed by atoms with Crippen LogP contribution < -0.4 is 10.0 Å². The number of hydrogen-bond acceptors (Lipinski definition) is 4. The van der Waals surface area contributed by atoms with Crippen LogP contribution in [0.25, 0.3) is 11.3 Å². The van der Waals surface area contributed by atoms with E-state index in [1.165, 1.54) is 7.05 Å². The molecule has 6 nitrogen and oxygen atoms in total. The number of furan rings is 1. The number of carbonyl (C=O) groups excluding carboxylic acids is 1. The van der Waals surface area contributed by atoms with E-state index in [2.05, 4.69) is 10.0 Å². The molecule has 0 saturated heterocycles. The van der Waals surface area contributed by atoms with Crippen molar-refractivity contribution < 1.29 is 17.6 Å². The lowest BCUT2D eigenvalue weighted by atomic mass is 10.1. The highest BCUT2D eigenvalue weighted by molar-refractivity contribution is 7.88. The monoisotopic (exact) mass is 412 g/mol. The first-order valence-electron chi connectivity index (χ1n) is 9.35. The van der Waals surface area contributed by atoms with Crippen LogP contribution in [-0.2, 0) is 33.5 Å². The Bertz CT molecular complexity index is 1040. The van der Waals surface area contributed by atoms with Gasteiger partial charge in [0, 0.05) is 24.9 Å². The number of hydrogen-bond donors (Lipinski definition) is 2. The second-order valence-electron chi connectivity index (χ2n) is 6.69. The summed E-state index contributed by atoms with van der Waals surface area (Å²) in [5, 5.41) is 2.88. The van der Waals surface area contributed by atoms with E-state index < -0.39 is 10.0 Å². The summed E-state index contributed by atoms with van der Waals surface area (Å²) in [5.74, 6) is 1.43. The van der Waals surface area contributed by atoms with Gasteiger partial charge in [0.05, 0.1) is 5.75 Å². The van der Waals surface area contributed by atoms with Crippen molar-refractivity contribution in [2.24, 2.45) is 0 Å². The summed E-state index contributed by atoms with van der Waals surface area (Å²) in [6.07, 6.45) is 0.861. The van der Waals surface area contributed by atoms with Gasteiger partial charge in [0.2, 0.25) is 15.9 Å². The highest BCUT2D eigenvalue weighted by atomic mass is 32.2. The molecule has 0 radical (unpaired) electrons. The Kier molecular flexibility index (Phi) is 6.85. The Labute approximate surface area is 171 Å². The van der Waals surface area contributed by atoms with Crippen LogP contribution in [0.15, 0.2) is 71.1 Å². The highest BCUT2D eigenvalue weighted by Gasteiger charge is 2.09. The van der Waals surface area contributed by atoms with E-state index in [-0.39, 0.29) is 11.7 Å². The zero-order valence-electron chi connectivity index (χ0n) is 16.2. The van der Waals surface area contributed by atoms with Crippen molar-refractivity contribution in [2.45, 2.75) is 25.1 Å². The summed E-state index contributed by atoms with van der Waals surface area (Å²) in [7, 11) is -1.90. The molecule has 0 atom stereocenters. The van der Waals surface area contributed by atoms with Gasteiger partial charge in [-0.15, -0.1) is 0 Å². The fourth-order valence-corrected chi connectivity index (χ4v) is 3.62. The topological polar surface area (TPSA) is 88.4 Å². The quantitative estimate of drug-likeness (QED) is 0.565. The lowest BCUT2D eigenvalue weighted by molar-refractivity contribution is -0.121. The van der Waals surface area contributed by atoms with Gasteiger partial charge in [0.1, 0.15) is 11.5 Å². The minimum Gasteiger partial charge on any atom is -0.461 e. The number of rotatable bonds is 9. The Hall–Kier alpha value is -2.90. The zero-order chi connectivity index (χ0) is 20.7. The van der Waals surface area contributed by atoms with Gasteiger partial charge in [-0.1, -0.05) is 54.6 Å². The number of amides is 1. The van der Waals surface area contributed by atoms with E-state index in [0.29, 0.717) is 24.9 Å². The maximum atomic E-state index is 12.1. The molecule has 0 aliphatic carbocycles. The number of sulfonamides is 1. The first-order valence-corrected chi connectivity index (χ1v) is 11.0. The van der Waals surface area contributed by atoms with Crippen molar-refractivity contribution in [3.05, 3.63) is 83.6 Å². The third kappa shape index (κ3) is 6.30. The molecular formula is C22H24N2O4S. The van der Waals surface area contributed by atoms with Crippen LogP contribution in [0.2, 0.25) is 0 Å². The smallest absolute Gasteiger partial charge is 0.220 e. The minimum atomic E-state index is -3.29. The van der Waals surface area contributed by atoms with Gasteiger partial charge < -0.3 is 9.73 Å². The molecule has 7 heteroatoms. The molecule has 0 fully saturated rings. The largest absolute Gasteiger partial charge is 0.461 e. The molecular weight excluding hydrogens is 388 g/mol. The molecule has 2 aromatic carbocycles. The summed E-state index contributed by atoms with van der Waals surface area (Å²) < 4.78 is 31.2. The molecule has 1 heterocycles. The fraction of sp³-hybridized carbons (Fsp3) is 0.227. The first kappa shape index (κ1) is 20.8. The normalized spacial score (nSPS) is 11.3. The van der Waals surface area contributed by atoms with Gasteiger partial charge in [-0.3, -0.25) is 4.79 Å². The standard InChI is InChI=1S/C22H24N2O4S/c1-23-29(26,27)16-18-9-7-17(8-10-18)15-24-22(25)14-12-20-11-13-21(28-20)19-5-3-2-4-6-19/h2-11,13,23H,12,14-16H2,1H3,(H,24,25). The average molecular weight is 413 g/mol. The second kappa shape index (κ2) is 9.54. The maximum Gasteiger partial charge on any atom is 0.220 e. The molecule has 3 aromatic rings. The third-order valence-corrected chi connectivity index (χ3v) is 5.83. The van der Waals surface area contributed by atoms with Crippen molar-refractivity contribution >= 4 is 15.9 Å². The maximum absolute atomic E-state index is 12.1. The molecule has 2 N–H and O–H groups in total. The first-order chi connectivity index (χ1) is 13.9. The van der Waals surface area contributed by atoms with Crippen LogP contribution in [0.4, 0.5) is 0 Å². The Morgan fingerprint density at radius 2 is 1.62 bits per heavy atom. The third-order valence-electron chi connectivity index (χ3n) is 4.50. The SMILES string of the molecule is CNS(=O)(=O)Cc1ccc(CNC(=O)CCc2ccc(-c3ccccc3)o2)cc1. The summed E-state index contributed by atoms with van der Waals surface area (Å²) in [6.45, 7) is 0.394. The van der Waals surface area contributed by atoms with Crippen molar-refractivity contribution in [3.63, 3.8) is 0 Å². The van der Waals surface area contributed by atoms with Gasteiger partial charge in [0.15, 0.2) is 0 Å².